The predicted molar refractivity (Wildman–Crippen MR) is 82.2 cm³/mol. The molecule has 20 heavy (non-hydrogen) atoms. The predicted octanol–water partition coefficient (Wildman–Crippen LogP) is 4.27. The second-order valence-corrected chi connectivity index (χ2v) is 5.49. The van der Waals surface area contributed by atoms with Gasteiger partial charge in [-0.15, -0.1) is 23.4 Å². The van der Waals surface area contributed by atoms with Crippen molar-refractivity contribution in [1.82, 2.24) is 0 Å². The molecule has 0 bridgehead atoms. The van der Waals surface area contributed by atoms with Gasteiger partial charge >= 0.3 is 0 Å². The summed E-state index contributed by atoms with van der Waals surface area (Å²) in [4.78, 5) is 12.5. The van der Waals surface area contributed by atoms with E-state index in [1.807, 2.05) is 36.4 Å². The van der Waals surface area contributed by atoms with Gasteiger partial charge < -0.3 is 0 Å². The van der Waals surface area contributed by atoms with Crippen LogP contribution >= 0.6 is 23.4 Å². The number of alkyl halides is 1. The van der Waals surface area contributed by atoms with E-state index in [1.165, 1.54) is 0 Å². The largest absolute Gasteiger partial charge is 0.293 e. The number of hydrogen-bond acceptors (Lipinski definition) is 3. The number of thioether (sulfide) groups is 1. The van der Waals surface area contributed by atoms with Crippen LogP contribution in [-0.2, 0) is 5.75 Å². The van der Waals surface area contributed by atoms with Gasteiger partial charge in [0.25, 0.3) is 0 Å². The summed E-state index contributed by atoms with van der Waals surface area (Å²) in [5, 5.41) is 8.74. The molecule has 0 aliphatic heterocycles. The van der Waals surface area contributed by atoms with Crippen LogP contribution in [0.3, 0.4) is 0 Å². The van der Waals surface area contributed by atoms with E-state index in [4.69, 9.17) is 16.9 Å². The molecule has 2 aromatic rings. The standard InChI is InChI=1S/C16H12ClNOS/c17-9-16(19)14-5-7-15(8-6-14)20-11-13-3-1-12(10-18)2-4-13/h1-8H,9,11H2. The summed E-state index contributed by atoms with van der Waals surface area (Å²) in [6.07, 6.45) is 0. The molecule has 0 unspecified atom stereocenters. The first-order valence-electron chi connectivity index (χ1n) is 6.04. The number of nitrogens with zero attached hydrogens (tertiary/aromatic N) is 1. The van der Waals surface area contributed by atoms with Crippen LogP contribution in [0.2, 0.25) is 0 Å². The summed E-state index contributed by atoms with van der Waals surface area (Å²) >= 11 is 7.20. The molecule has 0 aromatic heterocycles. The van der Waals surface area contributed by atoms with E-state index in [9.17, 15) is 4.79 Å². The van der Waals surface area contributed by atoms with Gasteiger partial charge in [-0.05, 0) is 29.8 Å². The van der Waals surface area contributed by atoms with Crippen molar-refractivity contribution in [2.75, 3.05) is 5.88 Å². The van der Waals surface area contributed by atoms with Gasteiger partial charge in [0.2, 0.25) is 0 Å². The average Bonchev–Trinajstić information content (AvgIpc) is 2.53. The fourth-order valence-corrected chi connectivity index (χ4v) is 2.66. The molecule has 0 amide bonds. The molecule has 0 saturated carbocycles. The molecule has 0 N–H and O–H groups in total. The molecule has 2 nitrogen and oxygen atoms in total. The molecular formula is C16H12ClNOS. The van der Waals surface area contributed by atoms with Gasteiger partial charge in [-0.3, -0.25) is 4.79 Å². The van der Waals surface area contributed by atoms with Crippen molar-refractivity contribution < 1.29 is 4.79 Å². The van der Waals surface area contributed by atoms with Gasteiger partial charge in [0.15, 0.2) is 5.78 Å². The molecule has 2 aromatic carbocycles. The number of ketones is 1. The fourth-order valence-electron chi connectivity index (χ4n) is 1.66. The SMILES string of the molecule is N#Cc1ccc(CSc2ccc(C(=O)CCl)cc2)cc1. The molecule has 0 atom stereocenters. The van der Waals surface area contributed by atoms with Crippen molar-refractivity contribution in [2.24, 2.45) is 0 Å². The summed E-state index contributed by atoms with van der Waals surface area (Å²) in [7, 11) is 0. The normalized spacial score (nSPS) is 10.0. The third kappa shape index (κ3) is 3.86. The van der Waals surface area contributed by atoms with Crippen LogP contribution < -0.4 is 0 Å². The Morgan fingerprint density at radius 1 is 1.10 bits per heavy atom. The van der Waals surface area contributed by atoms with E-state index >= 15 is 0 Å². The van der Waals surface area contributed by atoms with E-state index in [0.29, 0.717) is 11.1 Å². The number of carbonyl (C=O) groups is 1. The summed E-state index contributed by atoms with van der Waals surface area (Å²) in [6, 6.07) is 17.1. The number of benzene rings is 2. The van der Waals surface area contributed by atoms with Gasteiger partial charge in [0, 0.05) is 16.2 Å². The zero-order valence-electron chi connectivity index (χ0n) is 10.7. The highest BCUT2D eigenvalue weighted by molar-refractivity contribution is 7.98. The number of carbonyl (C=O) groups excluding carboxylic acids is 1. The highest BCUT2D eigenvalue weighted by Crippen LogP contribution is 2.23. The smallest absolute Gasteiger partial charge is 0.177 e. The lowest BCUT2D eigenvalue weighted by Crippen LogP contribution is -1.99. The molecule has 0 aliphatic rings. The van der Waals surface area contributed by atoms with Crippen LogP contribution in [0.5, 0.6) is 0 Å². The first-order chi connectivity index (χ1) is 9.72. The highest BCUT2D eigenvalue weighted by atomic mass is 35.5. The van der Waals surface area contributed by atoms with E-state index in [0.717, 1.165) is 16.2 Å². The van der Waals surface area contributed by atoms with Gasteiger partial charge in [-0.2, -0.15) is 5.26 Å². The van der Waals surface area contributed by atoms with Gasteiger partial charge in [0.05, 0.1) is 17.5 Å². The summed E-state index contributed by atoms with van der Waals surface area (Å²) in [6.45, 7) is 0. The number of Topliss-reactive ketones (excluding diaryl/α,β-unsaturated/α-hetero) is 1. The van der Waals surface area contributed by atoms with Gasteiger partial charge in [0.1, 0.15) is 0 Å². The highest BCUT2D eigenvalue weighted by Gasteiger charge is 2.04. The van der Waals surface area contributed by atoms with Crippen LogP contribution in [-0.4, -0.2) is 11.7 Å². The first-order valence-corrected chi connectivity index (χ1v) is 7.56. The van der Waals surface area contributed by atoms with Crippen molar-refractivity contribution in [3.8, 4) is 6.07 Å². The molecule has 2 rings (SSSR count). The average molecular weight is 302 g/mol. The third-order valence-electron chi connectivity index (χ3n) is 2.79. The van der Waals surface area contributed by atoms with Crippen molar-refractivity contribution in [2.45, 2.75) is 10.6 Å². The Morgan fingerprint density at radius 2 is 1.75 bits per heavy atom. The van der Waals surface area contributed by atoms with E-state index in [-0.39, 0.29) is 11.7 Å². The maximum Gasteiger partial charge on any atom is 0.177 e. The van der Waals surface area contributed by atoms with Crippen LogP contribution in [0.1, 0.15) is 21.5 Å². The van der Waals surface area contributed by atoms with Gasteiger partial charge in [-0.25, -0.2) is 0 Å². The first kappa shape index (κ1) is 14.6. The Hall–Kier alpha value is -1.76. The molecule has 100 valence electrons. The van der Waals surface area contributed by atoms with Crippen molar-refractivity contribution in [1.29, 1.82) is 5.26 Å². The minimum absolute atomic E-state index is 0.0116. The monoisotopic (exact) mass is 301 g/mol. The second kappa shape index (κ2) is 7.14. The van der Waals surface area contributed by atoms with Crippen molar-refractivity contribution in [3.63, 3.8) is 0 Å². The second-order valence-electron chi connectivity index (χ2n) is 4.18. The van der Waals surface area contributed by atoms with E-state index in [2.05, 4.69) is 6.07 Å². The van der Waals surface area contributed by atoms with Crippen LogP contribution in [0.4, 0.5) is 0 Å². The molecule has 4 heteroatoms. The maximum atomic E-state index is 11.4. The van der Waals surface area contributed by atoms with E-state index in [1.54, 1.807) is 23.9 Å². The zero-order chi connectivity index (χ0) is 14.4. The Bertz CT molecular complexity index is 629. The molecule has 0 radical (unpaired) electrons. The third-order valence-corrected chi connectivity index (χ3v) is 4.11. The quantitative estimate of drug-likeness (QED) is 0.470. The summed E-state index contributed by atoms with van der Waals surface area (Å²) in [5.74, 6) is 0.780. The van der Waals surface area contributed by atoms with Crippen LogP contribution in [0.25, 0.3) is 0 Å². The van der Waals surface area contributed by atoms with E-state index < -0.39 is 0 Å². The number of hydrogen-bond donors (Lipinski definition) is 0. The number of nitriles is 1. The molecular weight excluding hydrogens is 290 g/mol. The van der Waals surface area contributed by atoms with Crippen molar-refractivity contribution in [3.05, 3.63) is 65.2 Å². The Labute approximate surface area is 127 Å². The van der Waals surface area contributed by atoms with Crippen LogP contribution in [0.15, 0.2) is 53.4 Å². The fraction of sp³-hybridized carbons (Fsp3) is 0.125. The maximum absolute atomic E-state index is 11.4. The van der Waals surface area contributed by atoms with Gasteiger partial charge in [-0.1, -0.05) is 24.3 Å². The zero-order valence-corrected chi connectivity index (χ0v) is 12.2. The minimum atomic E-state index is -0.0599. The minimum Gasteiger partial charge on any atom is -0.293 e. The topological polar surface area (TPSA) is 40.9 Å². The molecule has 0 saturated heterocycles. The molecule has 0 spiro atoms. The Kier molecular flexibility index (Phi) is 5.23. The summed E-state index contributed by atoms with van der Waals surface area (Å²) < 4.78 is 0. The lowest BCUT2D eigenvalue weighted by molar-refractivity contribution is 0.102. The Balaban J connectivity index is 1.96. The molecule has 0 heterocycles. The van der Waals surface area contributed by atoms with Crippen molar-refractivity contribution >= 4 is 29.1 Å². The van der Waals surface area contributed by atoms with Crippen LogP contribution in [0, 0.1) is 11.3 Å². The molecule has 0 fully saturated rings. The molecule has 0 aliphatic carbocycles. The summed E-state index contributed by atoms with van der Waals surface area (Å²) in [5.41, 5.74) is 2.47. The number of rotatable bonds is 5. The lowest BCUT2D eigenvalue weighted by Gasteiger charge is -2.03. The number of halogens is 1. The Morgan fingerprint density at radius 3 is 2.30 bits per heavy atom. The lowest BCUT2D eigenvalue weighted by atomic mass is 10.1.